The highest BCUT2D eigenvalue weighted by Crippen LogP contribution is 2.08. The molecular formula is C14H24O4. The highest BCUT2D eigenvalue weighted by atomic mass is 16.7. The average molecular weight is 256 g/mol. The van der Waals surface area contributed by atoms with Crippen molar-refractivity contribution < 1.29 is 18.9 Å². The van der Waals surface area contributed by atoms with Gasteiger partial charge in [-0.05, 0) is 25.0 Å². The Labute approximate surface area is 110 Å². The molecule has 0 aliphatic rings. The molecule has 4 heteroatoms. The summed E-state index contributed by atoms with van der Waals surface area (Å²) in [5.74, 6) is 0. The number of allylic oxidation sites excluding steroid dienone is 4. The van der Waals surface area contributed by atoms with E-state index in [0.29, 0.717) is 0 Å². The van der Waals surface area contributed by atoms with Crippen LogP contribution in [0.5, 0.6) is 0 Å². The molecule has 0 aliphatic heterocycles. The number of hydrogen-bond acceptors (Lipinski definition) is 4. The molecule has 0 aromatic heterocycles. The predicted molar refractivity (Wildman–Crippen MR) is 72.3 cm³/mol. The van der Waals surface area contributed by atoms with Crippen LogP contribution >= 0.6 is 0 Å². The Hall–Kier alpha value is -0.940. The number of hydrogen-bond donors (Lipinski definition) is 0. The Morgan fingerprint density at radius 2 is 0.944 bits per heavy atom. The van der Waals surface area contributed by atoms with Gasteiger partial charge in [0.25, 0.3) is 0 Å². The van der Waals surface area contributed by atoms with Crippen molar-refractivity contribution in [3.05, 3.63) is 35.5 Å². The molecule has 4 nitrogen and oxygen atoms in total. The lowest BCUT2D eigenvalue weighted by Gasteiger charge is -2.13. The normalized spacial score (nSPS) is 14.2. The molecule has 0 saturated heterocycles. The first-order valence-corrected chi connectivity index (χ1v) is 5.73. The standard InChI is InChI=1S/C14H24O4/c1-11(13(15-3)16-4)9-7-8-10-12(2)14(17-5)18-6/h7-10,13-14H,1-6H3/b8-7+,11-9?,12-10?. The van der Waals surface area contributed by atoms with Gasteiger partial charge in [-0.2, -0.15) is 0 Å². The molecule has 0 bridgehead atoms. The Morgan fingerprint density at radius 1 is 0.667 bits per heavy atom. The van der Waals surface area contributed by atoms with E-state index in [1.165, 1.54) is 0 Å². The predicted octanol–water partition coefficient (Wildman–Crippen LogP) is 2.67. The molecule has 0 radical (unpaired) electrons. The van der Waals surface area contributed by atoms with Crippen LogP contribution in [0, 0.1) is 0 Å². The summed E-state index contributed by atoms with van der Waals surface area (Å²) in [6.07, 6.45) is 7.13. The SMILES string of the molecule is COC(OC)C(C)=C/C=C/C=C(C)C(OC)OC. The first-order chi connectivity index (χ1) is 8.60. The molecule has 0 saturated carbocycles. The molecule has 0 aromatic rings. The van der Waals surface area contributed by atoms with Gasteiger partial charge in [-0.15, -0.1) is 0 Å². The van der Waals surface area contributed by atoms with Gasteiger partial charge in [-0.25, -0.2) is 0 Å². The van der Waals surface area contributed by atoms with Gasteiger partial charge in [0.15, 0.2) is 12.6 Å². The van der Waals surface area contributed by atoms with E-state index in [-0.39, 0.29) is 12.6 Å². The van der Waals surface area contributed by atoms with Gasteiger partial charge in [0, 0.05) is 28.4 Å². The minimum absolute atomic E-state index is 0.301. The maximum absolute atomic E-state index is 5.13. The Morgan fingerprint density at radius 3 is 1.17 bits per heavy atom. The van der Waals surface area contributed by atoms with E-state index >= 15 is 0 Å². The summed E-state index contributed by atoms with van der Waals surface area (Å²) in [6, 6.07) is 0. The lowest BCUT2D eigenvalue weighted by molar-refractivity contribution is -0.0748. The topological polar surface area (TPSA) is 36.9 Å². The fraction of sp³-hybridized carbons (Fsp3) is 0.571. The van der Waals surface area contributed by atoms with Crippen LogP contribution < -0.4 is 0 Å². The summed E-state index contributed by atoms with van der Waals surface area (Å²) in [5.41, 5.74) is 2.00. The molecule has 0 rings (SSSR count). The van der Waals surface area contributed by atoms with Crippen LogP contribution in [0.3, 0.4) is 0 Å². The van der Waals surface area contributed by atoms with Crippen molar-refractivity contribution >= 4 is 0 Å². The molecule has 0 aliphatic carbocycles. The molecule has 0 amide bonds. The van der Waals surface area contributed by atoms with E-state index in [9.17, 15) is 0 Å². The zero-order valence-electron chi connectivity index (χ0n) is 12.1. The number of methoxy groups -OCH3 is 4. The molecule has 0 atom stereocenters. The third-order valence-electron chi connectivity index (χ3n) is 2.43. The number of rotatable bonds is 8. The Balaban J connectivity index is 4.48. The maximum Gasteiger partial charge on any atom is 0.179 e. The Kier molecular flexibility index (Phi) is 9.50. The van der Waals surface area contributed by atoms with Crippen LogP contribution in [0.1, 0.15) is 13.8 Å². The van der Waals surface area contributed by atoms with E-state index < -0.39 is 0 Å². The molecule has 0 heterocycles. The van der Waals surface area contributed by atoms with Gasteiger partial charge in [0.05, 0.1) is 0 Å². The van der Waals surface area contributed by atoms with E-state index in [0.717, 1.165) is 11.1 Å². The summed E-state index contributed by atoms with van der Waals surface area (Å²) < 4.78 is 20.5. The molecule has 18 heavy (non-hydrogen) atoms. The van der Waals surface area contributed by atoms with Crippen molar-refractivity contribution in [1.82, 2.24) is 0 Å². The first-order valence-electron chi connectivity index (χ1n) is 5.73. The summed E-state index contributed by atoms with van der Waals surface area (Å²) >= 11 is 0. The highest BCUT2D eigenvalue weighted by molar-refractivity contribution is 5.20. The fourth-order valence-electron chi connectivity index (χ4n) is 1.51. The van der Waals surface area contributed by atoms with E-state index in [1.807, 2.05) is 38.2 Å². The average Bonchev–Trinajstić information content (AvgIpc) is 2.37. The van der Waals surface area contributed by atoms with Gasteiger partial charge in [-0.1, -0.05) is 24.3 Å². The van der Waals surface area contributed by atoms with Crippen molar-refractivity contribution in [3.8, 4) is 0 Å². The van der Waals surface area contributed by atoms with Crippen molar-refractivity contribution in [1.29, 1.82) is 0 Å². The van der Waals surface area contributed by atoms with E-state index in [1.54, 1.807) is 28.4 Å². The zero-order chi connectivity index (χ0) is 14.0. The van der Waals surface area contributed by atoms with Gasteiger partial charge in [0.1, 0.15) is 0 Å². The molecule has 0 unspecified atom stereocenters. The largest absolute Gasteiger partial charge is 0.352 e. The van der Waals surface area contributed by atoms with Crippen LogP contribution in [0.15, 0.2) is 35.5 Å². The van der Waals surface area contributed by atoms with Crippen LogP contribution in [0.25, 0.3) is 0 Å². The van der Waals surface area contributed by atoms with Gasteiger partial charge in [-0.3, -0.25) is 0 Å². The summed E-state index contributed by atoms with van der Waals surface area (Å²) in [4.78, 5) is 0. The second-order valence-electron chi connectivity index (χ2n) is 3.81. The molecule has 0 aromatic carbocycles. The second kappa shape index (κ2) is 10.0. The van der Waals surface area contributed by atoms with Crippen molar-refractivity contribution in [2.24, 2.45) is 0 Å². The monoisotopic (exact) mass is 256 g/mol. The molecule has 104 valence electrons. The minimum Gasteiger partial charge on any atom is -0.352 e. The zero-order valence-corrected chi connectivity index (χ0v) is 12.1. The van der Waals surface area contributed by atoms with E-state index in [4.69, 9.17) is 18.9 Å². The smallest absolute Gasteiger partial charge is 0.179 e. The first kappa shape index (κ1) is 17.1. The molecule has 0 spiro atoms. The third-order valence-corrected chi connectivity index (χ3v) is 2.43. The van der Waals surface area contributed by atoms with Crippen LogP contribution in [-0.4, -0.2) is 41.0 Å². The quantitative estimate of drug-likeness (QED) is 0.494. The summed E-state index contributed by atoms with van der Waals surface area (Å²) in [6.45, 7) is 3.90. The molecule has 0 N–H and O–H groups in total. The highest BCUT2D eigenvalue weighted by Gasteiger charge is 2.06. The van der Waals surface area contributed by atoms with Gasteiger partial charge in [0.2, 0.25) is 0 Å². The van der Waals surface area contributed by atoms with Crippen molar-refractivity contribution in [3.63, 3.8) is 0 Å². The van der Waals surface area contributed by atoms with Crippen LogP contribution in [0.2, 0.25) is 0 Å². The van der Waals surface area contributed by atoms with Gasteiger partial charge < -0.3 is 18.9 Å². The minimum atomic E-state index is -0.301. The van der Waals surface area contributed by atoms with Crippen LogP contribution in [0.4, 0.5) is 0 Å². The summed E-state index contributed by atoms with van der Waals surface area (Å²) in [7, 11) is 6.45. The maximum atomic E-state index is 5.13. The Bertz CT molecular complexity index is 267. The fourth-order valence-corrected chi connectivity index (χ4v) is 1.51. The van der Waals surface area contributed by atoms with Crippen molar-refractivity contribution in [2.45, 2.75) is 26.4 Å². The molecular weight excluding hydrogens is 232 g/mol. The van der Waals surface area contributed by atoms with Crippen LogP contribution in [-0.2, 0) is 18.9 Å². The van der Waals surface area contributed by atoms with E-state index in [2.05, 4.69) is 0 Å². The van der Waals surface area contributed by atoms with Gasteiger partial charge >= 0.3 is 0 Å². The second-order valence-corrected chi connectivity index (χ2v) is 3.81. The molecule has 0 fully saturated rings. The lowest BCUT2D eigenvalue weighted by Crippen LogP contribution is -2.14. The summed E-state index contributed by atoms with van der Waals surface area (Å²) in [5, 5.41) is 0. The lowest BCUT2D eigenvalue weighted by atomic mass is 10.2. The third kappa shape index (κ3) is 6.12. The number of ether oxygens (including phenoxy) is 4. The van der Waals surface area contributed by atoms with Crippen molar-refractivity contribution in [2.75, 3.05) is 28.4 Å².